The fraction of sp³-hybridized carbons (Fsp3) is 0.696. The Morgan fingerprint density at radius 3 is 1.24 bits per heavy atom. The summed E-state index contributed by atoms with van der Waals surface area (Å²) in [5.74, 6) is -52.7. The van der Waals surface area contributed by atoms with Gasteiger partial charge in [-0.05, 0) is 39.7 Å². The van der Waals surface area contributed by atoms with Gasteiger partial charge in [-0.3, -0.25) is 0 Å². The average molecular weight is 632 g/mol. The lowest BCUT2D eigenvalue weighted by Crippen LogP contribution is -2.73. The predicted molar refractivity (Wildman–Crippen MR) is 111 cm³/mol. The van der Waals surface area contributed by atoms with Crippen molar-refractivity contribution in [2.75, 3.05) is 0 Å². The van der Waals surface area contributed by atoms with E-state index in [0.717, 1.165) is 12.1 Å². The molecule has 1 rings (SSSR count). The van der Waals surface area contributed by atoms with Crippen molar-refractivity contribution in [1.29, 1.82) is 0 Å². The van der Waals surface area contributed by atoms with Crippen LogP contribution in [0.5, 0.6) is 5.75 Å². The SMILES string of the molecule is CC(C)(C)c1cc(COC(=O)C(F)(F)C(F)(F)C(F)(F)C(F)(F)C(F)(F)C(F)(F)C(F)(F)F)cc(C(C)(C)C)c1O. The molecular formula is C23H23F15O3. The van der Waals surface area contributed by atoms with Crippen LogP contribution < -0.4 is 0 Å². The van der Waals surface area contributed by atoms with E-state index >= 15 is 0 Å². The summed E-state index contributed by atoms with van der Waals surface area (Å²) in [6.07, 6.45) is -7.73. The van der Waals surface area contributed by atoms with Gasteiger partial charge in [-0.1, -0.05) is 41.5 Å². The molecule has 18 heteroatoms. The van der Waals surface area contributed by atoms with Crippen LogP contribution in [-0.4, -0.2) is 52.8 Å². The molecule has 0 aliphatic carbocycles. The van der Waals surface area contributed by atoms with Crippen LogP contribution in [-0.2, 0) is 27.0 Å². The molecule has 0 bridgehead atoms. The third kappa shape index (κ3) is 5.75. The third-order valence-corrected chi connectivity index (χ3v) is 5.74. The van der Waals surface area contributed by atoms with Gasteiger partial charge in [-0.2, -0.15) is 65.9 Å². The van der Waals surface area contributed by atoms with E-state index in [1.54, 1.807) is 41.5 Å². The number of phenolic OH excluding ortho intramolecular Hbond substituents is 1. The number of esters is 1. The van der Waals surface area contributed by atoms with Crippen molar-refractivity contribution in [3.8, 4) is 5.75 Å². The fourth-order valence-electron chi connectivity index (χ4n) is 3.26. The van der Waals surface area contributed by atoms with E-state index in [2.05, 4.69) is 4.74 Å². The molecule has 0 spiro atoms. The van der Waals surface area contributed by atoms with E-state index in [1.807, 2.05) is 0 Å². The van der Waals surface area contributed by atoms with Crippen LogP contribution >= 0.6 is 0 Å². The number of hydrogen-bond acceptors (Lipinski definition) is 3. The summed E-state index contributed by atoms with van der Waals surface area (Å²) >= 11 is 0. The van der Waals surface area contributed by atoms with Gasteiger partial charge in [0.2, 0.25) is 0 Å². The van der Waals surface area contributed by atoms with Crippen LogP contribution in [0.1, 0.15) is 58.2 Å². The first kappa shape index (κ1) is 36.5. The highest BCUT2D eigenvalue weighted by atomic mass is 19.4. The first-order chi connectivity index (χ1) is 17.6. The second-order valence-corrected chi connectivity index (χ2v) is 11.1. The van der Waals surface area contributed by atoms with Crippen LogP contribution in [0.2, 0.25) is 0 Å². The van der Waals surface area contributed by atoms with Crippen molar-refractivity contribution in [3.63, 3.8) is 0 Å². The summed E-state index contributed by atoms with van der Waals surface area (Å²) in [6.45, 7) is 7.76. The maximum atomic E-state index is 14.1. The Morgan fingerprint density at radius 2 is 0.927 bits per heavy atom. The molecular weight excluding hydrogens is 609 g/mol. The minimum atomic E-state index is -8.51. The van der Waals surface area contributed by atoms with Crippen molar-refractivity contribution in [3.05, 3.63) is 28.8 Å². The zero-order valence-electron chi connectivity index (χ0n) is 21.8. The molecule has 0 atom stereocenters. The largest absolute Gasteiger partial charge is 0.507 e. The molecule has 0 radical (unpaired) electrons. The molecule has 0 heterocycles. The monoisotopic (exact) mass is 632 g/mol. The van der Waals surface area contributed by atoms with E-state index in [4.69, 9.17) is 0 Å². The first-order valence-corrected chi connectivity index (χ1v) is 11.0. The number of rotatable bonds is 8. The molecule has 0 unspecified atom stereocenters. The molecule has 1 aromatic rings. The molecule has 1 aromatic carbocycles. The summed E-state index contributed by atoms with van der Waals surface area (Å²) in [5, 5.41) is 10.6. The Morgan fingerprint density at radius 1 is 0.610 bits per heavy atom. The lowest BCUT2D eigenvalue weighted by Gasteiger charge is -2.40. The first-order valence-electron chi connectivity index (χ1n) is 11.0. The quantitative estimate of drug-likeness (QED) is 0.231. The van der Waals surface area contributed by atoms with Crippen LogP contribution in [0.4, 0.5) is 65.9 Å². The van der Waals surface area contributed by atoms with Crippen molar-refractivity contribution >= 4 is 5.97 Å². The number of carbonyl (C=O) groups is 1. The van der Waals surface area contributed by atoms with Gasteiger partial charge in [0, 0.05) is 0 Å². The average Bonchev–Trinajstić information content (AvgIpc) is 2.74. The summed E-state index contributed by atoms with van der Waals surface area (Å²) in [6, 6.07) is 2.02. The predicted octanol–water partition coefficient (Wildman–Crippen LogP) is 8.40. The minimum Gasteiger partial charge on any atom is -0.507 e. The summed E-state index contributed by atoms with van der Waals surface area (Å²) in [7, 11) is 0. The van der Waals surface area contributed by atoms with E-state index in [-0.39, 0.29) is 22.4 Å². The smallest absolute Gasteiger partial charge is 0.460 e. The molecule has 41 heavy (non-hydrogen) atoms. The van der Waals surface area contributed by atoms with Crippen LogP contribution in [0, 0.1) is 0 Å². The molecule has 0 amide bonds. The van der Waals surface area contributed by atoms with Crippen molar-refractivity contribution in [2.45, 2.75) is 101 Å². The zero-order chi connectivity index (χ0) is 33.2. The summed E-state index contributed by atoms with van der Waals surface area (Å²) in [5.41, 5.74) is -2.01. The molecule has 0 fully saturated rings. The summed E-state index contributed by atoms with van der Waals surface area (Å²) in [4.78, 5) is 11.7. The molecule has 0 aliphatic heterocycles. The van der Waals surface area contributed by atoms with Crippen molar-refractivity contribution in [2.24, 2.45) is 0 Å². The Balaban J connectivity index is 3.53. The number of benzene rings is 1. The second kappa shape index (κ2) is 10.0. The lowest BCUT2D eigenvalue weighted by molar-refractivity contribution is -0.450. The number of phenols is 1. The molecule has 0 aliphatic rings. The van der Waals surface area contributed by atoms with Crippen LogP contribution in [0.15, 0.2) is 12.1 Å². The van der Waals surface area contributed by atoms with Gasteiger partial charge in [-0.15, -0.1) is 0 Å². The standard InChI is InChI=1S/C23H23F15O3/c1-15(2,3)11-7-10(8-12(13(11)39)16(4,5)6)9-41-14(40)17(24,25)18(26,27)19(28,29)20(30,31)21(32,33)22(34,35)23(36,37)38/h7-8,39H,9H2,1-6H3. The maximum absolute atomic E-state index is 14.1. The highest BCUT2D eigenvalue weighted by molar-refractivity contribution is 5.79. The van der Waals surface area contributed by atoms with Crippen molar-refractivity contribution < 1.29 is 80.5 Å². The number of hydrogen-bond donors (Lipinski definition) is 1. The third-order valence-electron chi connectivity index (χ3n) is 5.74. The Kier molecular flexibility index (Phi) is 8.91. The zero-order valence-corrected chi connectivity index (χ0v) is 21.8. The highest BCUT2D eigenvalue weighted by Gasteiger charge is 2.94. The number of aromatic hydroxyl groups is 1. The van der Waals surface area contributed by atoms with E-state index in [1.165, 1.54) is 0 Å². The van der Waals surface area contributed by atoms with Gasteiger partial charge >= 0.3 is 47.7 Å². The molecule has 0 saturated heterocycles. The lowest BCUT2D eigenvalue weighted by atomic mass is 9.78. The van der Waals surface area contributed by atoms with Gasteiger partial charge in [0.1, 0.15) is 12.4 Å². The fourth-order valence-corrected chi connectivity index (χ4v) is 3.26. The number of halogens is 15. The van der Waals surface area contributed by atoms with Gasteiger partial charge in [0.15, 0.2) is 0 Å². The van der Waals surface area contributed by atoms with Gasteiger partial charge in [0.05, 0.1) is 0 Å². The normalized spacial score (nSPS) is 15.2. The Hall–Kier alpha value is -2.56. The van der Waals surface area contributed by atoms with Gasteiger partial charge < -0.3 is 9.84 Å². The molecule has 3 nitrogen and oxygen atoms in total. The van der Waals surface area contributed by atoms with Gasteiger partial charge in [0.25, 0.3) is 0 Å². The maximum Gasteiger partial charge on any atom is 0.460 e. The molecule has 238 valence electrons. The summed E-state index contributed by atoms with van der Waals surface area (Å²) < 4.78 is 204. The minimum absolute atomic E-state index is 0.0760. The molecule has 0 saturated carbocycles. The van der Waals surface area contributed by atoms with Gasteiger partial charge in [-0.25, -0.2) is 4.79 Å². The number of alkyl halides is 15. The number of carbonyl (C=O) groups excluding carboxylic acids is 1. The number of ether oxygens (including phenoxy) is 1. The van der Waals surface area contributed by atoms with E-state index in [9.17, 15) is 75.8 Å². The molecule has 0 aromatic heterocycles. The topological polar surface area (TPSA) is 46.5 Å². The van der Waals surface area contributed by atoms with Crippen LogP contribution in [0.25, 0.3) is 0 Å². The highest BCUT2D eigenvalue weighted by Crippen LogP contribution is 2.62. The van der Waals surface area contributed by atoms with E-state index in [0.29, 0.717) is 0 Å². The second-order valence-electron chi connectivity index (χ2n) is 11.1. The van der Waals surface area contributed by atoms with Crippen molar-refractivity contribution in [1.82, 2.24) is 0 Å². The van der Waals surface area contributed by atoms with Crippen LogP contribution in [0.3, 0.4) is 0 Å². The molecule has 1 N–H and O–H groups in total. The Labute approximate surface area is 222 Å². The van der Waals surface area contributed by atoms with E-state index < -0.39 is 65.1 Å². The Bertz CT molecular complexity index is 1110.